The lowest BCUT2D eigenvalue weighted by Gasteiger charge is -2.10. The minimum atomic E-state index is -0.529. The summed E-state index contributed by atoms with van der Waals surface area (Å²) < 4.78 is 31.3. The highest BCUT2D eigenvalue weighted by molar-refractivity contribution is 5.92. The molecule has 3 nitrogen and oxygen atoms in total. The Bertz CT molecular complexity index is 629. The first-order valence-corrected chi connectivity index (χ1v) is 5.99. The average Bonchev–Trinajstić information content (AvgIpc) is 2.41. The molecule has 20 heavy (non-hydrogen) atoms. The summed E-state index contributed by atoms with van der Waals surface area (Å²) in [5, 5.41) is 2.57. The fourth-order valence-corrected chi connectivity index (χ4v) is 1.66. The van der Waals surface area contributed by atoms with Crippen molar-refractivity contribution in [1.29, 1.82) is 0 Å². The number of hydrogen-bond donors (Lipinski definition) is 1. The van der Waals surface area contributed by atoms with E-state index in [1.54, 1.807) is 13.0 Å². The topological polar surface area (TPSA) is 38.3 Å². The predicted octanol–water partition coefficient (Wildman–Crippen LogP) is 3.29. The molecule has 104 valence electrons. The second-order valence-corrected chi connectivity index (χ2v) is 4.23. The number of ether oxygens (including phenoxy) is 1. The maximum atomic E-state index is 13.3. The highest BCUT2D eigenvalue weighted by Crippen LogP contribution is 2.17. The molecule has 0 bridgehead atoms. The molecule has 0 aliphatic heterocycles. The van der Waals surface area contributed by atoms with Gasteiger partial charge >= 0.3 is 0 Å². The maximum Gasteiger partial charge on any atom is 0.262 e. The van der Waals surface area contributed by atoms with Crippen LogP contribution in [0.15, 0.2) is 42.5 Å². The van der Waals surface area contributed by atoms with Crippen molar-refractivity contribution in [3.63, 3.8) is 0 Å². The molecule has 1 amide bonds. The van der Waals surface area contributed by atoms with Crippen LogP contribution in [0.5, 0.6) is 5.75 Å². The highest BCUT2D eigenvalue weighted by Gasteiger charge is 2.08. The van der Waals surface area contributed by atoms with Crippen LogP contribution < -0.4 is 10.1 Å². The van der Waals surface area contributed by atoms with Gasteiger partial charge in [0.1, 0.15) is 5.82 Å². The Morgan fingerprint density at radius 1 is 1.20 bits per heavy atom. The van der Waals surface area contributed by atoms with Crippen molar-refractivity contribution >= 4 is 11.6 Å². The number of halogens is 2. The number of para-hydroxylation sites is 1. The molecule has 0 aliphatic carbocycles. The fraction of sp³-hybridized carbons (Fsp3) is 0.133. The van der Waals surface area contributed by atoms with E-state index in [0.29, 0.717) is 11.3 Å². The Morgan fingerprint density at radius 2 is 1.95 bits per heavy atom. The van der Waals surface area contributed by atoms with Gasteiger partial charge in [0.15, 0.2) is 18.2 Å². The first-order valence-electron chi connectivity index (χ1n) is 5.99. The van der Waals surface area contributed by atoms with E-state index >= 15 is 0 Å². The van der Waals surface area contributed by atoms with Crippen LogP contribution in [0.3, 0.4) is 0 Å². The third kappa shape index (κ3) is 3.54. The molecule has 0 aromatic heterocycles. The zero-order valence-electron chi connectivity index (χ0n) is 10.8. The molecule has 0 saturated carbocycles. The summed E-state index contributed by atoms with van der Waals surface area (Å²) in [5.74, 6) is -1.33. The second kappa shape index (κ2) is 6.14. The number of hydrogen-bond acceptors (Lipinski definition) is 2. The van der Waals surface area contributed by atoms with Gasteiger partial charge in [0.2, 0.25) is 0 Å². The third-order valence-corrected chi connectivity index (χ3v) is 2.66. The summed E-state index contributed by atoms with van der Waals surface area (Å²) in [7, 11) is 0. The molecule has 0 unspecified atom stereocenters. The highest BCUT2D eigenvalue weighted by atomic mass is 19.1. The van der Waals surface area contributed by atoms with Crippen LogP contribution in [0, 0.1) is 18.6 Å². The molecule has 0 aliphatic rings. The Balaban J connectivity index is 1.94. The Labute approximate surface area is 115 Å². The fourth-order valence-electron chi connectivity index (χ4n) is 1.66. The van der Waals surface area contributed by atoms with E-state index in [1.807, 2.05) is 0 Å². The van der Waals surface area contributed by atoms with Crippen molar-refractivity contribution in [2.75, 3.05) is 11.9 Å². The van der Waals surface area contributed by atoms with Gasteiger partial charge in [-0.3, -0.25) is 4.79 Å². The quantitative estimate of drug-likeness (QED) is 0.931. The van der Waals surface area contributed by atoms with Crippen LogP contribution in [-0.2, 0) is 4.79 Å². The molecule has 1 N–H and O–H groups in total. The van der Waals surface area contributed by atoms with Gasteiger partial charge in [-0.2, -0.15) is 0 Å². The summed E-state index contributed by atoms with van der Waals surface area (Å²) in [6.45, 7) is 1.36. The largest absolute Gasteiger partial charge is 0.481 e. The van der Waals surface area contributed by atoms with Crippen molar-refractivity contribution in [2.24, 2.45) is 0 Å². The van der Waals surface area contributed by atoms with Crippen molar-refractivity contribution in [2.45, 2.75) is 6.92 Å². The molecular formula is C15H13F2NO2. The summed E-state index contributed by atoms with van der Waals surface area (Å²) in [6, 6.07) is 9.85. The summed E-state index contributed by atoms with van der Waals surface area (Å²) >= 11 is 0. The summed E-state index contributed by atoms with van der Waals surface area (Å²) in [4.78, 5) is 11.7. The number of carbonyl (C=O) groups is 1. The molecule has 0 radical (unpaired) electrons. The zero-order valence-corrected chi connectivity index (χ0v) is 10.8. The average molecular weight is 277 g/mol. The van der Waals surface area contributed by atoms with E-state index in [2.05, 4.69) is 5.32 Å². The minimum absolute atomic E-state index is 0.0125. The van der Waals surface area contributed by atoms with Crippen LogP contribution in [0.25, 0.3) is 0 Å². The number of amides is 1. The van der Waals surface area contributed by atoms with Gasteiger partial charge in [0.05, 0.1) is 0 Å². The van der Waals surface area contributed by atoms with Crippen molar-refractivity contribution in [1.82, 2.24) is 0 Å². The molecule has 0 fully saturated rings. The van der Waals surface area contributed by atoms with E-state index in [4.69, 9.17) is 4.74 Å². The molecular weight excluding hydrogens is 264 g/mol. The molecule has 0 saturated heterocycles. The number of anilines is 1. The van der Waals surface area contributed by atoms with E-state index < -0.39 is 11.7 Å². The van der Waals surface area contributed by atoms with E-state index in [1.165, 1.54) is 36.4 Å². The molecule has 0 heterocycles. The standard InChI is InChI=1S/C15H13F2NO2/c1-10-8-11(16)6-7-13(10)18-15(19)9-20-14-5-3-2-4-12(14)17/h2-8H,9H2,1H3,(H,18,19). The van der Waals surface area contributed by atoms with Crippen LogP contribution in [0.4, 0.5) is 14.5 Å². The first-order chi connectivity index (χ1) is 9.56. The predicted molar refractivity (Wildman–Crippen MR) is 71.7 cm³/mol. The van der Waals surface area contributed by atoms with Gasteiger partial charge in [-0.25, -0.2) is 8.78 Å². The Kier molecular flexibility index (Phi) is 4.30. The van der Waals surface area contributed by atoms with Crippen LogP contribution >= 0.6 is 0 Å². The summed E-state index contributed by atoms with van der Waals surface area (Å²) in [5.41, 5.74) is 1.10. The maximum absolute atomic E-state index is 13.3. The molecule has 2 rings (SSSR count). The van der Waals surface area contributed by atoms with E-state index in [9.17, 15) is 13.6 Å². The molecule has 2 aromatic carbocycles. The smallest absolute Gasteiger partial charge is 0.262 e. The normalized spacial score (nSPS) is 10.2. The van der Waals surface area contributed by atoms with Gasteiger partial charge in [-0.15, -0.1) is 0 Å². The number of aryl methyl sites for hydroxylation is 1. The minimum Gasteiger partial charge on any atom is -0.481 e. The number of benzene rings is 2. The third-order valence-electron chi connectivity index (χ3n) is 2.66. The summed E-state index contributed by atoms with van der Waals surface area (Å²) in [6.07, 6.45) is 0. The van der Waals surface area contributed by atoms with Gasteiger partial charge < -0.3 is 10.1 Å². The second-order valence-electron chi connectivity index (χ2n) is 4.23. The monoisotopic (exact) mass is 277 g/mol. The molecule has 5 heteroatoms. The van der Waals surface area contributed by atoms with E-state index in [0.717, 1.165) is 0 Å². The van der Waals surface area contributed by atoms with Gasteiger partial charge in [0, 0.05) is 5.69 Å². The van der Waals surface area contributed by atoms with Gasteiger partial charge in [-0.05, 0) is 42.8 Å². The lowest BCUT2D eigenvalue weighted by atomic mass is 10.2. The lowest BCUT2D eigenvalue weighted by Crippen LogP contribution is -2.21. The Morgan fingerprint density at radius 3 is 2.65 bits per heavy atom. The number of rotatable bonds is 4. The first kappa shape index (κ1) is 14.0. The molecule has 0 atom stereocenters. The SMILES string of the molecule is Cc1cc(F)ccc1NC(=O)COc1ccccc1F. The molecule has 2 aromatic rings. The van der Waals surface area contributed by atoms with Crippen molar-refractivity contribution in [3.05, 3.63) is 59.7 Å². The lowest BCUT2D eigenvalue weighted by molar-refractivity contribution is -0.118. The number of carbonyl (C=O) groups excluding carboxylic acids is 1. The molecule has 0 spiro atoms. The Hall–Kier alpha value is -2.43. The zero-order chi connectivity index (χ0) is 14.5. The van der Waals surface area contributed by atoms with E-state index in [-0.39, 0.29) is 18.2 Å². The van der Waals surface area contributed by atoms with Crippen LogP contribution in [0.2, 0.25) is 0 Å². The van der Waals surface area contributed by atoms with Crippen molar-refractivity contribution < 1.29 is 18.3 Å². The van der Waals surface area contributed by atoms with Gasteiger partial charge in [0.25, 0.3) is 5.91 Å². The van der Waals surface area contributed by atoms with Crippen LogP contribution in [0.1, 0.15) is 5.56 Å². The number of nitrogens with one attached hydrogen (secondary N) is 1. The van der Waals surface area contributed by atoms with Gasteiger partial charge in [-0.1, -0.05) is 12.1 Å². The van der Waals surface area contributed by atoms with Crippen LogP contribution in [-0.4, -0.2) is 12.5 Å². The van der Waals surface area contributed by atoms with Crippen molar-refractivity contribution in [3.8, 4) is 5.75 Å².